The summed E-state index contributed by atoms with van der Waals surface area (Å²) in [5.74, 6) is -0.0676. The zero-order valence-corrected chi connectivity index (χ0v) is 42.4. The van der Waals surface area contributed by atoms with Crippen LogP contribution in [0, 0.1) is 0 Å². The van der Waals surface area contributed by atoms with Crippen LogP contribution in [0.15, 0.2) is 24.3 Å². The number of nitrogens with one attached hydrogen (secondary N) is 1. The summed E-state index contributed by atoms with van der Waals surface area (Å²) in [6.07, 6.45) is 72.2. The van der Waals surface area contributed by atoms with Gasteiger partial charge in [-0.1, -0.05) is 308 Å². The average Bonchev–Trinajstić information content (AvgIpc) is 3.28. The van der Waals surface area contributed by atoms with Crippen molar-refractivity contribution >= 4 is 5.91 Å². The van der Waals surface area contributed by atoms with Crippen LogP contribution in [-0.4, -0.2) is 34.9 Å². The van der Waals surface area contributed by atoms with Gasteiger partial charge in [0.2, 0.25) is 5.91 Å². The van der Waals surface area contributed by atoms with Crippen LogP contribution in [0.1, 0.15) is 322 Å². The molecule has 0 aromatic heterocycles. The molecule has 0 radical (unpaired) electrons. The second-order valence-corrected chi connectivity index (χ2v) is 19.7. The van der Waals surface area contributed by atoms with E-state index in [-0.39, 0.29) is 12.5 Å². The molecule has 2 atom stereocenters. The zero-order valence-electron chi connectivity index (χ0n) is 42.4. The highest BCUT2D eigenvalue weighted by molar-refractivity contribution is 5.76. The van der Waals surface area contributed by atoms with E-state index in [1.165, 1.54) is 270 Å². The molecule has 2 unspecified atom stereocenters. The number of unbranched alkanes of at least 4 members (excludes halogenated alkanes) is 44. The molecule has 0 aliphatic heterocycles. The molecule has 62 heavy (non-hydrogen) atoms. The molecule has 0 rings (SSSR count). The van der Waals surface area contributed by atoms with Crippen LogP contribution < -0.4 is 5.32 Å². The van der Waals surface area contributed by atoms with E-state index < -0.39 is 12.1 Å². The van der Waals surface area contributed by atoms with E-state index in [0.29, 0.717) is 6.42 Å². The van der Waals surface area contributed by atoms with Crippen molar-refractivity contribution in [3.8, 4) is 0 Å². The maximum atomic E-state index is 12.4. The Morgan fingerprint density at radius 3 is 0.935 bits per heavy atom. The average molecular weight is 873 g/mol. The molecule has 0 heterocycles. The van der Waals surface area contributed by atoms with Crippen molar-refractivity contribution < 1.29 is 15.0 Å². The summed E-state index contributed by atoms with van der Waals surface area (Å²) in [5.41, 5.74) is 0. The Labute approximate surface area is 389 Å². The molecule has 368 valence electrons. The Morgan fingerprint density at radius 2 is 0.629 bits per heavy atom. The first-order chi connectivity index (χ1) is 30.7. The lowest BCUT2D eigenvalue weighted by Crippen LogP contribution is -2.45. The van der Waals surface area contributed by atoms with Gasteiger partial charge in [-0.15, -0.1) is 0 Å². The van der Waals surface area contributed by atoms with E-state index >= 15 is 0 Å². The lowest BCUT2D eigenvalue weighted by atomic mass is 10.0. The molecule has 0 aromatic carbocycles. The Morgan fingerprint density at radius 1 is 0.371 bits per heavy atom. The third-order valence-electron chi connectivity index (χ3n) is 13.4. The SMILES string of the molecule is CCCCCCCCCCC/C=C/CC/C=C/C(O)C(CO)NC(=O)CCCCCCCCCCCCCCCCCCCCCCCCCCCCCCCCCCCCC. The highest BCUT2D eigenvalue weighted by atomic mass is 16.3. The van der Waals surface area contributed by atoms with Crippen molar-refractivity contribution in [2.24, 2.45) is 0 Å². The molecule has 0 spiro atoms. The molecule has 1 amide bonds. The number of aliphatic hydroxyl groups excluding tert-OH is 2. The van der Waals surface area contributed by atoms with Crippen LogP contribution in [0.25, 0.3) is 0 Å². The predicted octanol–water partition coefficient (Wildman–Crippen LogP) is 18.7. The third-order valence-corrected chi connectivity index (χ3v) is 13.4. The van der Waals surface area contributed by atoms with Gasteiger partial charge in [0.25, 0.3) is 0 Å². The molecular weight excluding hydrogens is 759 g/mol. The minimum absolute atomic E-state index is 0.0676. The summed E-state index contributed by atoms with van der Waals surface area (Å²) in [7, 11) is 0. The van der Waals surface area contributed by atoms with Crippen LogP contribution in [0.3, 0.4) is 0 Å². The fourth-order valence-corrected chi connectivity index (χ4v) is 9.08. The summed E-state index contributed by atoms with van der Waals surface area (Å²) in [5, 5.41) is 23.1. The Balaban J connectivity index is 3.39. The van der Waals surface area contributed by atoms with Crippen molar-refractivity contribution in [2.75, 3.05) is 6.61 Å². The quantitative estimate of drug-likeness (QED) is 0.0421. The third kappa shape index (κ3) is 49.9. The molecule has 4 nitrogen and oxygen atoms in total. The van der Waals surface area contributed by atoms with E-state index in [9.17, 15) is 15.0 Å². The molecular formula is C58H113NO3. The molecule has 0 aliphatic rings. The van der Waals surface area contributed by atoms with E-state index in [2.05, 4.69) is 31.3 Å². The number of rotatable bonds is 53. The fourth-order valence-electron chi connectivity index (χ4n) is 9.08. The molecule has 3 N–H and O–H groups in total. The van der Waals surface area contributed by atoms with Crippen LogP contribution >= 0.6 is 0 Å². The smallest absolute Gasteiger partial charge is 0.220 e. The predicted molar refractivity (Wildman–Crippen MR) is 276 cm³/mol. The van der Waals surface area contributed by atoms with Crippen molar-refractivity contribution in [3.05, 3.63) is 24.3 Å². The number of hydrogen-bond acceptors (Lipinski definition) is 3. The van der Waals surface area contributed by atoms with Gasteiger partial charge < -0.3 is 15.5 Å². The minimum atomic E-state index is -0.858. The van der Waals surface area contributed by atoms with Gasteiger partial charge in [0.15, 0.2) is 0 Å². The Bertz CT molecular complexity index is 901. The normalized spacial score (nSPS) is 12.9. The number of allylic oxidation sites excluding steroid dienone is 3. The lowest BCUT2D eigenvalue weighted by molar-refractivity contribution is -0.123. The number of aliphatic hydroxyl groups is 2. The number of carbonyl (C=O) groups excluding carboxylic acids is 1. The van der Waals surface area contributed by atoms with E-state index in [1.54, 1.807) is 6.08 Å². The number of amides is 1. The highest BCUT2D eigenvalue weighted by Crippen LogP contribution is 2.18. The van der Waals surface area contributed by atoms with Crippen LogP contribution in [0.4, 0.5) is 0 Å². The summed E-state index contributed by atoms with van der Waals surface area (Å²) in [6, 6.07) is -0.635. The maximum Gasteiger partial charge on any atom is 0.220 e. The molecule has 0 bridgehead atoms. The standard InChI is InChI=1S/C58H113NO3/c1-3-5-7-9-11-13-15-17-19-20-21-22-23-24-25-26-27-28-29-30-31-32-33-34-35-36-37-38-40-42-44-46-48-50-52-54-58(62)59-56(55-60)57(61)53-51-49-47-45-43-41-39-18-16-14-12-10-8-6-4-2/h43,45,51,53,56-57,60-61H,3-42,44,46-50,52,54-55H2,1-2H3,(H,59,62)/b45-43+,53-51+. The Kier molecular flexibility index (Phi) is 53.2. The van der Waals surface area contributed by atoms with Crippen molar-refractivity contribution in [2.45, 2.75) is 334 Å². The van der Waals surface area contributed by atoms with Crippen LogP contribution in [0.2, 0.25) is 0 Å². The highest BCUT2D eigenvalue weighted by Gasteiger charge is 2.18. The van der Waals surface area contributed by atoms with Crippen LogP contribution in [0.5, 0.6) is 0 Å². The molecule has 0 aromatic rings. The molecule has 0 fully saturated rings. The van der Waals surface area contributed by atoms with Gasteiger partial charge in [-0.25, -0.2) is 0 Å². The number of carbonyl (C=O) groups is 1. The summed E-state index contributed by atoms with van der Waals surface area (Å²) < 4.78 is 0. The van der Waals surface area contributed by atoms with E-state index in [1.807, 2.05) is 6.08 Å². The molecule has 0 saturated carbocycles. The van der Waals surface area contributed by atoms with E-state index in [4.69, 9.17) is 0 Å². The maximum absolute atomic E-state index is 12.4. The van der Waals surface area contributed by atoms with Crippen LogP contribution in [-0.2, 0) is 4.79 Å². The fraction of sp³-hybridized carbons (Fsp3) is 0.914. The minimum Gasteiger partial charge on any atom is -0.394 e. The largest absolute Gasteiger partial charge is 0.394 e. The lowest BCUT2D eigenvalue weighted by Gasteiger charge is -2.19. The molecule has 0 aliphatic carbocycles. The van der Waals surface area contributed by atoms with Gasteiger partial charge in [-0.2, -0.15) is 0 Å². The second kappa shape index (κ2) is 54.2. The van der Waals surface area contributed by atoms with Gasteiger partial charge in [0.05, 0.1) is 18.8 Å². The second-order valence-electron chi connectivity index (χ2n) is 19.7. The van der Waals surface area contributed by atoms with Gasteiger partial charge in [-0.05, 0) is 32.1 Å². The number of hydrogen-bond donors (Lipinski definition) is 3. The van der Waals surface area contributed by atoms with Crippen molar-refractivity contribution in [1.82, 2.24) is 5.32 Å². The van der Waals surface area contributed by atoms with Crippen molar-refractivity contribution in [1.29, 1.82) is 0 Å². The van der Waals surface area contributed by atoms with Gasteiger partial charge in [-0.3, -0.25) is 4.79 Å². The molecule has 4 heteroatoms. The zero-order chi connectivity index (χ0) is 44.9. The topological polar surface area (TPSA) is 69.6 Å². The first kappa shape index (κ1) is 60.9. The monoisotopic (exact) mass is 872 g/mol. The van der Waals surface area contributed by atoms with Crippen molar-refractivity contribution in [3.63, 3.8) is 0 Å². The van der Waals surface area contributed by atoms with Gasteiger partial charge in [0, 0.05) is 6.42 Å². The summed E-state index contributed by atoms with van der Waals surface area (Å²) in [6.45, 7) is 4.32. The summed E-state index contributed by atoms with van der Waals surface area (Å²) in [4.78, 5) is 12.4. The van der Waals surface area contributed by atoms with Gasteiger partial charge in [0.1, 0.15) is 0 Å². The van der Waals surface area contributed by atoms with E-state index in [0.717, 1.165) is 32.1 Å². The first-order valence-corrected chi connectivity index (χ1v) is 28.6. The van der Waals surface area contributed by atoms with Gasteiger partial charge >= 0.3 is 0 Å². The first-order valence-electron chi connectivity index (χ1n) is 28.6. The summed E-state index contributed by atoms with van der Waals surface area (Å²) >= 11 is 0. The molecule has 0 saturated heterocycles. The Hall–Kier alpha value is -1.13.